The summed E-state index contributed by atoms with van der Waals surface area (Å²) in [4.78, 5) is 27.7. The summed E-state index contributed by atoms with van der Waals surface area (Å²) in [5.41, 5.74) is 3.46. The number of hydrogen-bond donors (Lipinski definition) is 1. The van der Waals surface area contributed by atoms with E-state index >= 15 is 0 Å². The van der Waals surface area contributed by atoms with Gasteiger partial charge in [0.05, 0.1) is 18.2 Å². The number of ether oxygens (including phenoxy) is 1. The van der Waals surface area contributed by atoms with Crippen LogP contribution >= 0.6 is 0 Å². The van der Waals surface area contributed by atoms with Gasteiger partial charge in [0.25, 0.3) is 0 Å². The van der Waals surface area contributed by atoms with E-state index in [0.717, 1.165) is 30.4 Å². The fraction of sp³-hybridized carbons (Fsp3) is 0.517. The van der Waals surface area contributed by atoms with Gasteiger partial charge in [-0.3, -0.25) is 9.59 Å². The third-order valence-electron chi connectivity index (χ3n) is 6.14. The van der Waals surface area contributed by atoms with Gasteiger partial charge in [-0.15, -0.1) is 0 Å². The molecule has 0 spiro atoms. The highest BCUT2D eigenvalue weighted by Crippen LogP contribution is 2.35. The Morgan fingerprint density at radius 1 is 1.00 bits per heavy atom. The standard InChI is InChI=1S/C29H41NO4/c1-7-16-34-27-15-14-24(25(29(32)33)17-22-12-10-21(6)11-13-22)18-26(27)30(19-20(4)5)28(31)23(8-2)9-3/h10-15,18,20,23,25H,7-9,16-17,19H2,1-6H3,(H,32,33). The van der Waals surface area contributed by atoms with E-state index in [2.05, 4.69) is 13.8 Å². The molecule has 5 heteroatoms. The largest absolute Gasteiger partial charge is 0.491 e. The second kappa shape index (κ2) is 13.2. The molecule has 186 valence electrons. The zero-order valence-electron chi connectivity index (χ0n) is 21.6. The Morgan fingerprint density at radius 2 is 1.65 bits per heavy atom. The second-order valence-corrected chi connectivity index (χ2v) is 9.51. The molecule has 0 aliphatic heterocycles. The van der Waals surface area contributed by atoms with E-state index in [-0.39, 0.29) is 17.7 Å². The van der Waals surface area contributed by atoms with Crippen molar-refractivity contribution >= 4 is 17.6 Å². The van der Waals surface area contributed by atoms with Crippen molar-refractivity contribution < 1.29 is 19.4 Å². The van der Waals surface area contributed by atoms with Gasteiger partial charge in [0.2, 0.25) is 5.91 Å². The third kappa shape index (κ3) is 7.34. The summed E-state index contributed by atoms with van der Waals surface area (Å²) in [6.07, 6.45) is 2.76. The average molecular weight is 468 g/mol. The highest BCUT2D eigenvalue weighted by Gasteiger charge is 2.28. The van der Waals surface area contributed by atoms with Gasteiger partial charge in [0.1, 0.15) is 5.75 Å². The highest BCUT2D eigenvalue weighted by atomic mass is 16.5. The second-order valence-electron chi connectivity index (χ2n) is 9.51. The van der Waals surface area contributed by atoms with Crippen LogP contribution in [0.3, 0.4) is 0 Å². The molecule has 2 rings (SSSR count). The molecule has 2 aromatic carbocycles. The molecule has 2 aromatic rings. The number of carboxylic acids is 1. The van der Waals surface area contributed by atoms with Crippen molar-refractivity contribution in [3.63, 3.8) is 0 Å². The minimum Gasteiger partial charge on any atom is -0.491 e. The molecule has 1 N–H and O–H groups in total. The molecule has 0 heterocycles. The van der Waals surface area contributed by atoms with E-state index in [1.807, 2.05) is 75.1 Å². The van der Waals surface area contributed by atoms with Gasteiger partial charge in [-0.25, -0.2) is 0 Å². The van der Waals surface area contributed by atoms with Crippen molar-refractivity contribution in [3.05, 3.63) is 59.2 Å². The molecule has 1 atom stereocenters. The fourth-order valence-corrected chi connectivity index (χ4v) is 4.13. The predicted octanol–water partition coefficient (Wildman–Crippen LogP) is 6.62. The number of hydrogen-bond acceptors (Lipinski definition) is 3. The lowest BCUT2D eigenvalue weighted by Crippen LogP contribution is -2.39. The Balaban J connectivity index is 2.56. The summed E-state index contributed by atoms with van der Waals surface area (Å²) in [5.74, 6) is -0.720. The quantitative estimate of drug-likeness (QED) is 0.359. The summed E-state index contributed by atoms with van der Waals surface area (Å²) < 4.78 is 6.03. The molecule has 0 bridgehead atoms. The smallest absolute Gasteiger partial charge is 0.311 e. The summed E-state index contributed by atoms with van der Waals surface area (Å²) in [6, 6.07) is 13.5. The molecule has 0 aliphatic carbocycles. The number of aryl methyl sites for hydroxylation is 1. The van der Waals surface area contributed by atoms with Gasteiger partial charge in [-0.1, -0.05) is 70.5 Å². The lowest BCUT2D eigenvalue weighted by Gasteiger charge is -2.30. The van der Waals surface area contributed by atoms with Crippen LogP contribution in [0.2, 0.25) is 0 Å². The molecule has 0 aromatic heterocycles. The third-order valence-corrected chi connectivity index (χ3v) is 6.14. The summed E-state index contributed by atoms with van der Waals surface area (Å²) in [7, 11) is 0. The number of carbonyl (C=O) groups excluding carboxylic acids is 1. The molecule has 34 heavy (non-hydrogen) atoms. The predicted molar refractivity (Wildman–Crippen MR) is 139 cm³/mol. The summed E-state index contributed by atoms with van der Waals surface area (Å²) in [5, 5.41) is 10.1. The van der Waals surface area contributed by atoms with Crippen LogP contribution in [0.4, 0.5) is 5.69 Å². The topological polar surface area (TPSA) is 66.8 Å². The van der Waals surface area contributed by atoms with Crippen LogP contribution in [0, 0.1) is 18.8 Å². The van der Waals surface area contributed by atoms with Crippen molar-refractivity contribution in [2.45, 2.75) is 73.1 Å². The monoisotopic (exact) mass is 467 g/mol. The van der Waals surface area contributed by atoms with Crippen LogP contribution in [0.25, 0.3) is 0 Å². The normalized spacial score (nSPS) is 12.1. The van der Waals surface area contributed by atoms with Crippen LogP contribution in [-0.4, -0.2) is 30.1 Å². The van der Waals surface area contributed by atoms with Gasteiger partial charge in [-0.2, -0.15) is 0 Å². The highest BCUT2D eigenvalue weighted by molar-refractivity contribution is 5.96. The van der Waals surface area contributed by atoms with Crippen LogP contribution in [0.15, 0.2) is 42.5 Å². The molecule has 0 fully saturated rings. The maximum atomic E-state index is 13.6. The Bertz CT molecular complexity index is 932. The number of amides is 1. The first-order chi connectivity index (χ1) is 16.2. The SMILES string of the molecule is CCCOc1ccc(C(Cc2ccc(C)cc2)C(=O)O)cc1N(CC(C)C)C(=O)C(CC)CC. The number of aliphatic carboxylic acids is 1. The van der Waals surface area contributed by atoms with Crippen molar-refractivity contribution in [1.82, 2.24) is 0 Å². The first-order valence-corrected chi connectivity index (χ1v) is 12.6. The van der Waals surface area contributed by atoms with Gasteiger partial charge in [0, 0.05) is 12.5 Å². The first kappa shape index (κ1) is 27.4. The maximum absolute atomic E-state index is 13.6. The van der Waals surface area contributed by atoms with Crippen LogP contribution in [0.1, 0.15) is 76.5 Å². The Morgan fingerprint density at radius 3 is 2.18 bits per heavy atom. The molecule has 0 saturated carbocycles. The Hall–Kier alpha value is -2.82. The van der Waals surface area contributed by atoms with Crippen molar-refractivity contribution in [2.75, 3.05) is 18.1 Å². The number of carboxylic acid groups (broad SMARTS) is 1. The van der Waals surface area contributed by atoms with Crippen LogP contribution in [0.5, 0.6) is 5.75 Å². The molecule has 1 unspecified atom stereocenters. The number of nitrogens with zero attached hydrogens (tertiary/aromatic N) is 1. The van der Waals surface area contributed by atoms with Gasteiger partial charge in [0.15, 0.2) is 0 Å². The Labute approximate surface area is 205 Å². The molecule has 0 radical (unpaired) electrons. The van der Waals surface area contributed by atoms with Crippen molar-refractivity contribution in [1.29, 1.82) is 0 Å². The zero-order valence-corrected chi connectivity index (χ0v) is 21.6. The number of benzene rings is 2. The molecule has 0 saturated heterocycles. The zero-order chi connectivity index (χ0) is 25.3. The number of carbonyl (C=O) groups is 2. The molecular weight excluding hydrogens is 426 g/mol. The van der Waals surface area contributed by atoms with Crippen LogP contribution < -0.4 is 9.64 Å². The van der Waals surface area contributed by atoms with Gasteiger partial charge < -0.3 is 14.7 Å². The van der Waals surface area contributed by atoms with Crippen molar-refractivity contribution in [2.24, 2.45) is 11.8 Å². The lowest BCUT2D eigenvalue weighted by molar-refractivity contribution is -0.138. The van der Waals surface area contributed by atoms with Crippen molar-refractivity contribution in [3.8, 4) is 5.75 Å². The van der Waals surface area contributed by atoms with E-state index in [0.29, 0.717) is 36.6 Å². The summed E-state index contributed by atoms with van der Waals surface area (Å²) in [6.45, 7) is 13.4. The molecule has 0 aliphatic rings. The Kier molecular flexibility index (Phi) is 10.6. The van der Waals surface area contributed by atoms with Gasteiger partial charge >= 0.3 is 5.97 Å². The van der Waals surface area contributed by atoms with Gasteiger partial charge in [-0.05, 0) is 61.8 Å². The maximum Gasteiger partial charge on any atom is 0.311 e. The fourth-order valence-electron chi connectivity index (χ4n) is 4.13. The van der Waals surface area contributed by atoms with E-state index in [1.54, 1.807) is 0 Å². The van der Waals surface area contributed by atoms with E-state index < -0.39 is 11.9 Å². The lowest BCUT2D eigenvalue weighted by atomic mass is 9.91. The van der Waals surface area contributed by atoms with E-state index in [9.17, 15) is 14.7 Å². The number of anilines is 1. The minimum absolute atomic E-state index is 0.0719. The average Bonchev–Trinajstić information content (AvgIpc) is 2.81. The van der Waals surface area contributed by atoms with E-state index in [1.165, 1.54) is 0 Å². The van der Waals surface area contributed by atoms with Crippen LogP contribution in [-0.2, 0) is 16.0 Å². The summed E-state index contributed by atoms with van der Waals surface area (Å²) >= 11 is 0. The first-order valence-electron chi connectivity index (χ1n) is 12.6. The molecule has 1 amide bonds. The number of rotatable bonds is 13. The molecular formula is C29H41NO4. The van der Waals surface area contributed by atoms with E-state index in [4.69, 9.17) is 4.74 Å². The minimum atomic E-state index is -0.879. The molecule has 5 nitrogen and oxygen atoms in total.